The number of rotatable bonds is 3. The standard InChI is InChI=1S/C16H21BrN2/c1-12-4-3-8-19(12)9-7-15-11-13-10-14(17)5-6-16(13)18(15)2/h5-6,10-12H,3-4,7-9H2,1-2H3/t12-/m1/s1. The fourth-order valence-corrected chi connectivity index (χ4v) is 3.58. The van der Waals surface area contributed by atoms with Crippen LogP contribution in [0.15, 0.2) is 28.7 Å². The van der Waals surface area contributed by atoms with E-state index in [2.05, 4.69) is 63.6 Å². The molecule has 1 aliphatic rings. The molecule has 0 saturated carbocycles. The molecule has 3 heteroatoms. The van der Waals surface area contributed by atoms with Crippen molar-refractivity contribution in [2.24, 2.45) is 7.05 Å². The molecule has 1 fully saturated rings. The number of likely N-dealkylation sites (tertiary alicyclic amines) is 1. The summed E-state index contributed by atoms with van der Waals surface area (Å²) in [5.74, 6) is 0. The van der Waals surface area contributed by atoms with Gasteiger partial charge < -0.3 is 9.47 Å². The summed E-state index contributed by atoms with van der Waals surface area (Å²) >= 11 is 3.55. The predicted molar refractivity (Wildman–Crippen MR) is 84.6 cm³/mol. The molecule has 2 heterocycles. The van der Waals surface area contributed by atoms with Gasteiger partial charge in [0.2, 0.25) is 0 Å². The molecule has 3 rings (SSSR count). The Kier molecular flexibility index (Phi) is 3.68. The van der Waals surface area contributed by atoms with Gasteiger partial charge >= 0.3 is 0 Å². The molecule has 0 amide bonds. The van der Waals surface area contributed by atoms with Crippen LogP contribution in [0, 0.1) is 0 Å². The van der Waals surface area contributed by atoms with Crippen LogP contribution in [0.25, 0.3) is 10.9 Å². The van der Waals surface area contributed by atoms with Crippen molar-refractivity contribution in [2.45, 2.75) is 32.2 Å². The minimum absolute atomic E-state index is 0.767. The fraction of sp³-hybridized carbons (Fsp3) is 0.500. The molecule has 1 aromatic heterocycles. The van der Waals surface area contributed by atoms with Gasteiger partial charge in [-0.1, -0.05) is 15.9 Å². The van der Waals surface area contributed by atoms with Crippen molar-refractivity contribution >= 4 is 26.8 Å². The summed E-state index contributed by atoms with van der Waals surface area (Å²) in [6, 6.07) is 9.62. The number of aromatic nitrogens is 1. The van der Waals surface area contributed by atoms with E-state index in [-0.39, 0.29) is 0 Å². The van der Waals surface area contributed by atoms with Gasteiger partial charge in [-0.2, -0.15) is 0 Å². The van der Waals surface area contributed by atoms with Crippen molar-refractivity contribution in [1.82, 2.24) is 9.47 Å². The van der Waals surface area contributed by atoms with Crippen LogP contribution in [0.3, 0.4) is 0 Å². The van der Waals surface area contributed by atoms with E-state index in [1.165, 1.54) is 42.5 Å². The molecule has 1 aromatic carbocycles. The van der Waals surface area contributed by atoms with Gasteiger partial charge in [-0.15, -0.1) is 0 Å². The molecular formula is C16H21BrN2. The van der Waals surface area contributed by atoms with Crippen molar-refractivity contribution in [3.63, 3.8) is 0 Å². The molecular weight excluding hydrogens is 300 g/mol. The van der Waals surface area contributed by atoms with Gasteiger partial charge in [0.05, 0.1) is 0 Å². The quantitative estimate of drug-likeness (QED) is 0.830. The van der Waals surface area contributed by atoms with Gasteiger partial charge in [0.15, 0.2) is 0 Å². The zero-order valence-corrected chi connectivity index (χ0v) is 13.3. The molecule has 1 aliphatic heterocycles. The van der Waals surface area contributed by atoms with E-state index < -0.39 is 0 Å². The maximum atomic E-state index is 3.55. The highest BCUT2D eigenvalue weighted by molar-refractivity contribution is 9.10. The minimum Gasteiger partial charge on any atom is -0.348 e. The van der Waals surface area contributed by atoms with E-state index in [4.69, 9.17) is 0 Å². The van der Waals surface area contributed by atoms with Gasteiger partial charge in [0.25, 0.3) is 0 Å². The zero-order chi connectivity index (χ0) is 13.4. The second-order valence-corrected chi connectivity index (χ2v) is 6.59. The van der Waals surface area contributed by atoms with Crippen LogP contribution in [0.2, 0.25) is 0 Å². The first kappa shape index (κ1) is 13.2. The SMILES string of the molecule is C[C@@H]1CCCN1CCc1cc2cc(Br)ccc2n1C. The number of halogens is 1. The summed E-state index contributed by atoms with van der Waals surface area (Å²) in [4.78, 5) is 2.62. The third-order valence-electron chi connectivity index (χ3n) is 4.45. The maximum absolute atomic E-state index is 3.55. The maximum Gasteiger partial charge on any atom is 0.0480 e. The predicted octanol–water partition coefficient (Wildman–Crippen LogP) is 3.97. The highest BCUT2D eigenvalue weighted by Crippen LogP contribution is 2.24. The Hall–Kier alpha value is -0.800. The molecule has 0 spiro atoms. The molecule has 19 heavy (non-hydrogen) atoms. The molecule has 102 valence electrons. The van der Waals surface area contributed by atoms with E-state index >= 15 is 0 Å². The summed E-state index contributed by atoms with van der Waals surface area (Å²) in [6.07, 6.45) is 3.87. The Morgan fingerprint density at radius 1 is 1.32 bits per heavy atom. The Morgan fingerprint density at radius 2 is 2.16 bits per heavy atom. The van der Waals surface area contributed by atoms with Crippen LogP contribution < -0.4 is 0 Å². The third kappa shape index (κ3) is 2.59. The Balaban J connectivity index is 1.79. The summed E-state index contributed by atoms with van der Waals surface area (Å²) < 4.78 is 3.49. The second-order valence-electron chi connectivity index (χ2n) is 5.68. The molecule has 0 unspecified atom stereocenters. The molecule has 0 bridgehead atoms. The van der Waals surface area contributed by atoms with Crippen molar-refractivity contribution in [3.05, 3.63) is 34.4 Å². The number of hydrogen-bond acceptors (Lipinski definition) is 1. The average Bonchev–Trinajstić information content (AvgIpc) is 2.91. The van der Waals surface area contributed by atoms with Gasteiger partial charge in [0, 0.05) is 47.1 Å². The zero-order valence-electron chi connectivity index (χ0n) is 11.7. The average molecular weight is 321 g/mol. The lowest BCUT2D eigenvalue weighted by Gasteiger charge is -2.20. The molecule has 1 atom stereocenters. The van der Waals surface area contributed by atoms with Crippen LogP contribution in [0.5, 0.6) is 0 Å². The smallest absolute Gasteiger partial charge is 0.0480 e. The number of fused-ring (bicyclic) bond motifs is 1. The number of hydrogen-bond donors (Lipinski definition) is 0. The monoisotopic (exact) mass is 320 g/mol. The van der Waals surface area contributed by atoms with Gasteiger partial charge in [-0.05, 0) is 50.6 Å². The van der Waals surface area contributed by atoms with Crippen molar-refractivity contribution in [2.75, 3.05) is 13.1 Å². The highest BCUT2D eigenvalue weighted by atomic mass is 79.9. The van der Waals surface area contributed by atoms with Gasteiger partial charge in [-0.3, -0.25) is 0 Å². The number of benzene rings is 1. The molecule has 0 radical (unpaired) electrons. The first-order valence-corrected chi connectivity index (χ1v) is 7.92. The van der Waals surface area contributed by atoms with E-state index in [1.54, 1.807) is 0 Å². The lowest BCUT2D eigenvalue weighted by molar-refractivity contribution is 0.271. The lowest BCUT2D eigenvalue weighted by Crippen LogP contribution is -2.29. The van der Waals surface area contributed by atoms with Gasteiger partial charge in [0.1, 0.15) is 0 Å². The second kappa shape index (κ2) is 5.29. The fourth-order valence-electron chi connectivity index (χ4n) is 3.20. The van der Waals surface area contributed by atoms with Gasteiger partial charge in [-0.25, -0.2) is 0 Å². The van der Waals surface area contributed by atoms with Crippen molar-refractivity contribution in [1.29, 1.82) is 0 Å². The molecule has 0 N–H and O–H groups in total. The molecule has 1 saturated heterocycles. The molecule has 2 aromatic rings. The number of nitrogens with zero attached hydrogens (tertiary/aromatic N) is 2. The Labute approximate surface area is 123 Å². The van der Waals surface area contributed by atoms with Crippen LogP contribution in [0.1, 0.15) is 25.5 Å². The van der Waals surface area contributed by atoms with Crippen molar-refractivity contribution in [3.8, 4) is 0 Å². The van der Waals surface area contributed by atoms with E-state index in [0.717, 1.165) is 16.9 Å². The Morgan fingerprint density at radius 3 is 2.89 bits per heavy atom. The Bertz CT molecular complexity index is 588. The van der Waals surface area contributed by atoms with E-state index in [1.807, 2.05) is 0 Å². The normalized spacial score (nSPS) is 20.5. The third-order valence-corrected chi connectivity index (χ3v) is 4.94. The molecule has 0 aliphatic carbocycles. The highest BCUT2D eigenvalue weighted by Gasteiger charge is 2.19. The van der Waals surface area contributed by atoms with Crippen molar-refractivity contribution < 1.29 is 0 Å². The van der Waals surface area contributed by atoms with Crippen LogP contribution in [-0.4, -0.2) is 28.6 Å². The summed E-state index contributed by atoms with van der Waals surface area (Å²) in [6.45, 7) is 4.81. The summed E-state index contributed by atoms with van der Waals surface area (Å²) in [7, 11) is 2.18. The van der Waals surface area contributed by atoms with E-state index in [0.29, 0.717) is 0 Å². The van der Waals surface area contributed by atoms with Crippen LogP contribution >= 0.6 is 15.9 Å². The molecule has 2 nitrogen and oxygen atoms in total. The number of aryl methyl sites for hydroxylation is 1. The minimum atomic E-state index is 0.767. The first-order chi connectivity index (χ1) is 9.15. The topological polar surface area (TPSA) is 8.17 Å². The lowest BCUT2D eigenvalue weighted by atomic mass is 10.2. The van der Waals surface area contributed by atoms with Crippen LogP contribution in [0.4, 0.5) is 0 Å². The first-order valence-electron chi connectivity index (χ1n) is 7.13. The van der Waals surface area contributed by atoms with E-state index in [9.17, 15) is 0 Å². The largest absolute Gasteiger partial charge is 0.348 e. The van der Waals surface area contributed by atoms with Crippen LogP contribution in [-0.2, 0) is 13.5 Å². The summed E-state index contributed by atoms with van der Waals surface area (Å²) in [5, 5.41) is 1.33. The summed E-state index contributed by atoms with van der Waals surface area (Å²) in [5.41, 5.74) is 2.76.